The van der Waals surface area contributed by atoms with E-state index in [0.717, 1.165) is 17.3 Å². The smallest absolute Gasteiger partial charge is 0.268 e. The maximum absolute atomic E-state index is 12.6. The van der Waals surface area contributed by atoms with Gasteiger partial charge in [0.1, 0.15) is 0 Å². The summed E-state index contributed by atoms with van der Waals surface area (Å²) < 4.78 is 0.328. The van der Waals surface area contributed by atoms with Crippen LogP contribution in [0.15, 0.2) is 53.4 Å². The zero-order valence-corrected chi connectivity index (χ0v) is 14.4. The highest BCUT2D eigenvalue weighted by molar-refractivity contribution is 8.27. The van der Waals surface area contributed by atoms with Crippen molar-refractivity contribution >= 4 is 63.3 Å². The summed E-state index contributed by atoms with van der Waals surface area (Å²) in [5.41, 5.74) is 1.06. The molecule has 5 nitrogen and oxygen atoms in total. The van der Waals surface area contributed by atoms with Gasteiger partial charge in [-0.3, -0.25) is 19.8 Å². The summed E-state index contributed by atoms with van der Waals surface area (Å²) in [7, 11) is 0. The Labute approximate surface area is 152 Å². The second-order valence-electron chi connectivity index (χ2n) is 4.85. The van der Waals surface area contributed by atoms with Gasteiger partial charge in [0.25, 0.3) is 11.6 Å². The lowest BCUT2D eigenvalue weighted by Crippen LogP contribution is -2.27. The molecule has 0 atom stereocenters. The van der Waals surface area contributed by atoms with E-state index >= 15 is 0 Å². The normalized spacial score (nSPS) is 16.0. The van der Waals surface area contributed by atoms with Crippen molar-refractivity contribution in [3.05, 3.63) is 74.1 Å². The molecule has 0 N–H and O–H groups in total. The molecule has 1 heterocycles. The number of thioether (sulfide) groups is 1. The van der Waals surface area contributed by atoms with Gasteiger partial charge in [0.15, 0.2) is 4.32 Å². The summed E-state index contributed by atoms with van der Waals surface area (Å²) in [6, 6.07) is 12.9. The highest BCUT2D eigenvalue weighted by atomic mass is 35.5. The van der Waals surface area contributed by atoms with E-state index in [-0.39, 0.29) is 11.6 Å². The number of carbonyl (C=O) groups excluding carboxylic acids is 1. The first-order chi connectivity index (χ1) is 11.5. The third kappa shape index (κ3) is 3.33. The average Bonchev–Trinajstić information content (AvgIpc) is 2.81. The Morgan fingerprint density at radius 2 is 1.96 bits per heavy atom. The minimum Gasteiger partial charge on any atom is -0.268 e. The van der Waals surface area contributed by atoms with Crippen LogP contribution in [0, 0.1) is 10.1 Å². The number of nitro benzene ring substituents is 1. The van der Waals surface area contributed by atoms with Gasteiger partial charge in [-0.15, -0.1) is 0 Å². The van der Waals surface area contributed by atoms with Crippen LogP contribution < -0.4 is 4.90 Å². The van der Waals surface area contributed by atoms with Gasteiger partial charge in [0.05, 0.1) is 15.5 Å². The van der Waals surface area contributed by atoms with Crippen molar-refractivity contribution in [3.8, 4) is 0 Å². The zero-order chi connectivity index (χ0) is 17.3. The van der Waals surface area contributed by atoms with Gasteiger partial charge >= 0.3 is 0 Å². The molecule has 1 saturated heterocycles. The second kappa shape index (κ2) is 6.72. The van der Waals surface area contributed by atoms with E-state index in [2.05, 4.69) is 0 Å². The topological polar surface area (TPSA) is 63.5 Å². The fourth-order valence-electron chi connectivity index (χ4n) is 2.18. The summed E-state index contributed by atoms with van der Waals surface area (Å²) in [6.07, 6.45) is 1.70. The third-order valence-corrected chi connectivity index (χ3v) is 4.78. The molecule has 1 aliphatic rings. The minimum atomic E-state index is -0.511. The van der Waals surface area contributed by atoms with Crippen LogP contribution in [0.3, 0.4) is 0 Å². The van der Waals surface area contributed by atoms with E-state index in [0.29, 0.717) is 19.9 Å². The van der Waals surface area contributed by atoms with E-state index in [1.165, 1.54) is 23.1 Å². The van der Waals surface area contributed by atoms with Crippen LogP contribution in [0.1, 0.15) is 5.56 Å². The third-order valence-electron chi connectivity index (χ3n) is 3.24. The van der Waals surface area contributed by atoms with Crippen LogP contribution in [0.2, 0.25) is 5.02 Å². The van der Waals surface area contributed by atoms with Gasteiger partial charge in [0.2, 0.25) is 0 Å². The van der Waals surface area contributed by atoms with Crippen molar-refractivity contribution in [2.24, 2.45) is 0 Å². The van der Waals surface area contributed by atoms with Crippen molar-refractivity contribution in [3.63, 3.8) is 0 Å². The van der Waals surface area contributed by atoms with Gasteiger partial charge in [-0.25, -0.2) is 0 Å². The van der Waals surface area contributed by atoms with E-state index in [9.17, 15) is 14.9 Å². The van der Waals surface area contributed by atoms with E-state index in [1.54, 1.807) is 30.3 Å². The molecule has 0 aliphatic carbocycles. The van der Waals surface area contributed by atoms with Crippen molar-refractivity contribution in [1.29, 1.82) is 0 Å². The Morgan fingerprint density at radius 1 is 1.21 bits per heavy atom. The number of carbonyl (C=O) groups is 1. The van der Waals surface area contributed by atoms with Crippen LogP contribution >= 0.6 is 35.6 Å². The highest BCUT2D eigenvalue weighted by Gasteiger charge is 2.33. The van der Waals surface area contributed by atoms with Crippen LogP contribution in [0.5, 0.6) is 0 Å². The molecule has 0 spiro atoms. The van der Waals surface area contributed by atoms with Gasteiger partial charge in [0, 0.05) is 17.2 Å². The molecular weight excluding hydrogens is 368 g/mol. The Hall–Kier alpha value is -2.22. The van der Waals surface area contributed by atoms with Crippen molar-refractivity contribution < 1.29 is 9.72 Å². The zero-order valence-electron chi connectivity index (χ0n) is 12.0. The molecule has 120 valence electrons. The molecule has 0 bridgehead atoms. The Balaban J connectivity index is 1.95. The SMILES string of the molecule is O=C1/C(=C\c2cccc(Cl)c2)SC(=S)N1c1cccc([N+](=O)[O-])c1. The largest absolute Gasteiger partial charge is 0.271 e. The lowest BCUT2D eigenvalue weighted by Gasteiger charge is -2.13. The number of amides is 1. The number of hydrogen-bond acceptors (Lipinski definition) is 5. The van der Waals surface area contributed by atoms with Crippen molar-refractivity contribution in [2.45, 2.75) is 0 Å². The minimum absolute atomic E-state index is 0.0969. The molecule has 3 rings (SSSR count). The molecule has 0 saturated carbocycles. The summed E-state index contributed by atoms with van der Waals surface area (Å²) in [5, 5.41) is 11.5. The van der Waals surface area contributed by atoms with E-state index < -0.39 is 4.92 Å². The molecule has 2 aromatic rings. The monoisotopic (exact) mass is 376 g/mol. The second-order valence-corrected chi connectivity index (χ2v) is 6.96. The standard InChI is InChI=1S/C16H9ClN2O3S2/c17-11-4-1-3-10(7-11)8-14-15(20)18(16(23)24-14)12-5-2-6-13(9-12)19(21)22/h1-9H/b14-8+. The summed E-state index contributed by atoms with van der Waals surface area (Å²) in [4.78, 5) is 24.8. The number of benzene rings is 2. The van der Waals surface area contributed by atoms with Gasteiger partial charge in [-0.1, -0.05) is 53.8 Å². The highest BCUT2D eigenvalue weighted by Crippen LogP contribution is 2.37. The molecule has 0 aromatic heterocycles. The maximum atomic E-state index is 12.6. The van der Waals surface area contributed by atoms with Crippen LogP contribution in [-0.4, -0.2) is 15.2 Å². The van der Waals surface area contributed by atoms with Gasteiger partial charge in [-0.2, -0.15) is 0 Å². The number of hydrogen-bond donors (Lipinski definition) is 0. The molecule has 2 aromatic carbocycles. The number of rotatable bonds is 3. The quantitative estimate of drug-likeness (QED) is 0.337. The predicted molar refractivity (Wildman–Crippen MR) is 100 cm³/mol. The lowest BCUT2D eigenvalue weighted by molar-refractivity contribution is -0.384. The number of nitro groups is 1. The molecule has 8 heteroatoms. The van der Waals surface area contributed by atoms with Crippen LogP contribution in [0.25, 0.3) is 6.08 Å². The number of halogens is 1. The number of thiocarbonyl (C=S) groups is 1. The first-order valence-electron chi connectivity index (χ1n) is 6.74. The molecular formula is C16H9ClN2O3S2. The fraction of sp³-hybridized carbons (Fsp3) is 0. The molecule has 1 aliphatic heterocycles. The summed E-state index contributed by atoms with van der Waals surface area (Å²) >= 11 is 12.4. The number of anilines is 1. The first-order valence-corrected chi connectivity index (χ1v) is 8.34. The average molecular weight is 377 g/mol. The fourth-order valence-corrected chi connectivity index (χ4v) is 3.68. The van der Waals surface area contributed by atoms with Crippen LogP contribution in [-0.2, 0) is 4.79 Å². The van der Waals surface area contributed by atoms with Gasteiger partial charge < -0.3 is 0 Å². The van der Waals surface area contributed by atoms with E-state index in [4.69, 9.17) is 23.8 Å². The summed E-state index contributed by atoms with van der Waals surface area (Å²) in [5.74, 6) is -0.314. The summed E-state index contributed by atoms with van der Waals surface area (Å²) in [6.45, 7) is 0. The lowest BCUT2D eigenvalue weighted by atomic mass is 10.2. The van der Waals surface area contributed by atoms with E-state index in [1.807, 2.05) is 6.07 Å². The van der Waals surface area contributed by atoms with Crippen LogP contribution in [0.4, 0.5) is 11.4 Å². The molecule has 24 heavy (non-hydrogen) atoms. The van der Waals surface area contributed by atoms with Crippen molar-refractivity contribution in [1.82, 2.24) is 0 Å². The van der Waals surface area contributed by atoms with Gasteiger partial charge in [-0.05, 0) is 29.8 Å². The molecule has 0 radical (unpaired) electrons. The Bertz CT molecular complexity index is 898. The number of non-ortho nitro benzene ring substituents is 1. The molecule has 0 unspecified atom stereocenters. The molecule has 1 amide bonds. The Kier molecular flexibility index (Phi) is 4.66. The Morgan fingerprint density at radius 3 is 2.67 bits per heavy atom. The van der Waals surface area contributed by atoms with Crippen molar-refractivity contribution in [2.75, 3.05) is 4.90 Å². The first kappa shape index (κ1) is 16.6. The predicted octanol–water partition coefficient (Wildman–Crippen LogP) is 4.65. The number of nitrogens with zero attached hydrogens (tertiary/aromatic N) is 2. The maximum Gasteiger partial charge on any atom is 0.271 e. The molecule has 1 fully saturated rings.